The highest BCUT2D eigenvalue weighted by Crippen LogP contribution is 2.20. The van der Waals surface area contributed by atoms with Gasteiger partial charge in [0, 0.05) is 0 Å². The number of carbonyl (C=O) groups excluding carboxylic acids is 1. The summed E-state index contributed by atoms with van der Waals surface area (Å²) in [6.45, 7) is 5.49. The minimum atomic E-state index is -0.897. The van der Waals surface area contributed by atoms with Gasteiger partial charge in [-0.05, 0) is 30.5 Å². The van der Waals surface area contributed by atoms with E-state index in [1.165, 1.54) is 0 Å². The number of nitrogens with zero attached hydrogens (tertiary/aromatic N) is 3. The number of benzene rings is 1. The summed E-state index contributed by atoms with van der Waals surface area (Å²) < 4.78 is 10.7. The molecular weight excluding hydrogens is 352 g/mol. The van der Waals surface area contributed by atoms with E-state index in [1.807, 2.05) is 38.1 Å². The molecule has 26 heavy (non-hydrogen) atoms. The van der Waals surface area contributed by atoms with Crippen LogP contribution in [0.5, 0.6) is 5.75 Å². The first-order chi connectivity index (χ1) is 12.4. The zero-order valence-electron chi connectivity index (χ0n) is 15.3. The third-order valence-electron chi connectivity index (χ3n) is 4.08. The van der Waals surface area contributed by atoms with Crippen molar-refractivity contribution in [3.63, 3.8) is 0 Å². The molecule has 0 spiro atoms. The Kier molecular flexibility index (Phi) is 6.64. The minimum absolute atomic E-state index is 0.000883. The van der Waals surface area contributed by atoms with Crippen molar-refractivity contribution >= 4 is 17.7 Å². The Morgan fingerprint density at radius 2 is 2.08 bits per heavy atom. The number of nitrogens with one attached hydrogen (secondary N) is 1. The average Bonchev–Trinajstić information content (AvgIpc) is 3.07. The van der Waals surface area contributed by atoms with Crippen LogP contribution in [0.15, 0.2) is 33.9 Å². The number of hydrogen-bond acceptors (Lipinski definition) is 7. The number of rotatable bonds is 8. The van der Waals surface area contributed by atoms with Crippen molar-refractivity contribution < 1.29 is 13.9 Å². The number of amides is 1. The molecule has 0 unspecified atom stereocenters. The minimum Gasteiger partial charge on any atom is -0.497 e. The lowest BCUT2D eigenvalue weighted by Gasteiger charge is -2.27. The Labute approximate surface area is 157 Å². The number of carbonyl (C=O) groups is 1. The summed E-state index contributed by atoms with van der Waals surface area (Å²) in [5, 5.41) is 20.3. The molecule has 1 aromatic carbocycles. The number of hydrogen-bond donors (Lipinski definition) is 1. The fourth-order valence-electron chi connectivity index (χ4n) is 2.04. The third-order valence-corrected chi connectivity index (χ3v) is 4.89. The van der Waals surface area contributed by atoms with E-state index in [0.29, 0.717) is 17.5 Å². The van der Waals surface area contributed by atoms with Crippen molar-refractivity contribution in [2.75, 3.05) is 12.9 Å². The van der Waals surface area contributed by atoms with Gasteiger partial charge in [-0.3, -0.25) is 4.79 Å². The van der Waals surface area contributed by atoms with Crippen molar-refractivity contribution in [3.05, 3.63) is 35.7 Å². The topological polar surface area (TPSA) is 101 Å². The van der Waals surface area contributed by atoms with E-state index in [1.54, 1.807) is 14.0 Å². The van der Waals surface area contributed by atoms with E-state index >= 15 is 0 Å². The molecule has 8 heteroatoms. The lowest BCUT2D eigenvalue weighted by molar-refractivity contribution is -0.120. The summed E-state index contributed by atoms with van der Waals surface area (Å²) in [7, 11) is 1.62. The normalized spacial score (nSPS) is 13.1. The number of ether oxygens (including phenoxy) is 1. The molecule has 0 saturated carbocycles. The highest BCUT2D eigenvalue weighted by Gasteiger charge is 2.30. The van der Waals surface area contributed by atoms with Gasteiger partial charge in [-0.2, -0.15) is 5.26 Å². The van der Waals surface area contributed by atoms with E-state index in [4.69, 9.17) is 9.15 Å². The van der Waals surface area contributed by atoms with Crippen LogP contribution in [-0.2, 0) is 11.2 Å². The van der Waals surface area contributed by atoms with Crippen molar-refractivity contribution in [3.8, 4) is 11.8 Å². The van der Waals surface area contributed by atoms with E-state index in [0.717, 1.165) is 23.1 Å². The molecule has 1 atom stereocenters. The molecule has 1 heterocycles. The number of nitriles is 1. The van der Waals surface area contributed by atoms with E-state index in [2.05, 4.69) is 21.6 Å². The van der Waals surface area contributed by atoms with Crippen LogP contribution in [0.25, 0.3) is 0 Å². The fourth-order valence-corrected chi connectivity index (χ4v) is 2.62. The van der Waals surface area contributed by atoms with Gasteiger partial charge in [0.15, 0.2) is 0 Å². The molecule has 0 radical (unpaired) electrons. The molecule has 1 amide bonds. The molecule has 2 rings (SSSR count). The van der Waals surface area contributed by atoms with Crippen LogP contribution in [0, 0.1) is 17.2 Å². The van der Waals surface area contributed by atoms with Crippen LogP contribution in [-0.4, -0.2) is 34.5 Å². The monoisotopic (exact) mass is 374 g/mol. The summed E-state index contributed by atoms with van der Waals surface area (Å²) in [5.74, 6) is 1.12. The predicted molar refractivity (Wildman–Crippen MR) is 97.8 cm³/mol. The lowest BCUT2D eigenvalue weighted by atomic mass is 9.90. The van der Waals surface area contributed by atoms with Gasteiger partial charge in [0.1, 0.15) is 11.3 Å². The maximum atomic E-state index is 12.1. The Bertz CT molecular complexity index is 782. The van der Waals surface area contributed by atoms with Crippen molar-refractivity contribution in [1.29, 1.82) is 5.26 Å². The fraction of sp³-hybridized carbons (Fsp3) is 0.444. The first-order valence-electron chi connectivity index (χ1n) is 8.16. The molecule has 0 aliphatic heterocycles. The second-order valence-corrected chi connectivity index (χ2v) is 7.22. The van der Waals surface area contributed by atoms with Gasteiger partial charge in [0.25, 0.3) is 5.22 Å². The number of methoxy groups -OCH3 is 1. The highest BCUT2D eigenvalue weighted by molar-refractivity contribution is 7.99. The van der Waals surface area contributed by atoms with Gasteiger partial charge < -0.3 is 14.5 Å². The average molecular weight is 374 g/mol. The van der Waals surface area contributed by atoms with E-state index in [-0.39, 0.29) is 17.6 Å². The molecule has 1 aromatic heterocycles. The SMILES string of the molecule is COc1ccc(Cc2nnc(SCC(=O)N[C@](C)(C#N)C(C)C)o2)cc1. The maximum Gasteiger partial charge on any atom is 0.277 e. The smallest absolute Gasteiger partial charge is 0.277 e. The summed E-state index contributed by atoms with van der Waals surface area (Å²) >= 11 is 1.15. The van der Waals surface area contributed by atoms with Crippen LogP contribution in [0.3, 0.4) is 0 Å². The van der Waals surface area contributed by atoms with E-state index < -0.39 is 5.54 Å². The predicted octanol–water partition coefficient (Wildman–Crippen LogP) is 2.82. The highest BCUT2D eigenvalue weighted by atomic mass is 32.2. The molecule has 0 saturated heterocycles. The number of aromatic nitrogens is 2. The molecule has 0 bridgehead atoms. The lowest BCUT2D eigenvalue weighted by Crippen LogP contribution is -2.49. The van der Waals surface area contributed by atoms with Crippen LogP contribution in [0.1, 0.15) is 32.2 Å². The van der Waals surface area contributed by atoms with Crippen molar-refractivity contribution in [2.45, 2.75) is 38.0 Å². The molecule has 0 aliphatic rings. The Morgan fingerprint density at radius 3 is 2.65 bits per heavy atom. The molecule has 7 nitrogen and oxygen atoms in total. The quantitative estimate of drug-likeness (QED) is 0.709. The van der Waals surface area contributed by atoms with E-state index in [9.17, 15) is 10.1 Å². The third kappa shape index (κ3) is 5.23. The van der Waals surface area contributed by atoms with Crippen LogP contribution in [0.2, 0.25) is 0 Å². The van der Waals surface area contributed by atoms with Crippen LogP contribution < -0.4 is 10.1 Å². The summed E-state index contributed by atoms with van der Waals surface area (Å²) in [6, 6.07) is 9.74. The largest absolute Gasteiger partial charge is 0.497 e. The molecular formula is C18H22N4O3S. The van der Waals surface area contributed by atoms with Crippen LogP contribution >= 0.6 is 11.8 Å². The van der Waals surface area contributed by atoms with Gasteiger partial charge in [0.05, 0.1) is 25.4 Å². The molecule has 1 N–H and O–H groups in total. The maximum absolute atomic E-state index is 12.1. The van der Waals surface area contributed by atoms with Crippen molar-refractivity contribution in [1.82, 2.24) is 15.5 Å². The molecule has 2 aromatic rings. The Balaban J connectivity index is 1.88. The van der Waals surface area contributed by atoms with Crippen molar-refractivity contribution in [2.24, 2.45) is 5.92 Å². The van der Waals surface area contributed by atoms with Gasteiger partial charge in [-0.25, -0.2) is 0 Å². The Hall–Kier alpha value is -2.53. The molecule has 0 fully saturated rings. The van der Waals surface area contributed by atoms with Gasteiger partial charge in [-0.1, -0.05) is 37.7 Å². The van der Waals surface area contributed by atoms with Gasteiger partial charge >= 0.3 is 0 Å². The molecule has 138 valence electrons. The van der Waals surface area contributed by atoms with Gasteiger partial charge in [-0.15, -0.1) is 10.2 Å². The van der Waals surface area contributed by atoms with Gasteiger partial charge in [0.2, 0.25) is 11.8 Å². The zero-order valence-corrected chi connectivity index (χ0v) is 16.1. The summed E-state index contributed by atoms with van der Waals surface area (Å²) in [6.07, 6.45) is 0.504. The first-order valence-corrected chi connectivity index (χ1v) is 9.15. The number of thioether (sulfide) groups is 1. The molecule has 0 aliphatic carbocycles. The second-order valence-electron chi connectivity index (χ2n) is 6.29. The standard InChI is InChI=1S/C18H22N4O3S/c1-12(2)18(3,11-19)20-15(23)10-26-17-22-21-16(25-17)9-13-5-7-14(24-4)8-6-13/h5-8,12H,9-10H2,1-4H3,(H,20,23)/t18-/m1/s1. The second kappa shape index (κ2) is 8.72. The Morgan fingerprint density at radius 1 is 1.38 bits per heavy atom. The summed E-state index contributed by atoms with van der Waals surface area (Å²) in [4.78, 5) is 12.1. The first kappa shape index (κ1) is 19.8. The summed E-state index contributed by atoms with van der Waals surface area (Å²) in [5.41, 5.74) is 0.122. The van der Waals surface area contributed by atoms with Crippen LogP contribution in [0.4, 0.5) is 0 Å². The zero-order chi connectivity index (χ0) is 19.2.